The Morgan fingerprint density at radius 2 is 1.54 bits per heavy atom. The molecular weight excluding hydrogens is 388 g/mol. The van der Waals surface area contributed by atoms with Crippen molar-refractivity contribution in [1.82, 2.24) is 14.5 Å². The highest BCUT2D eigenvalue weighted by molar-refractivity contribution is 9.10. The van der Waals surface area contributed by atoms with Gasteiger partial charge in [-0.05, 0) is 75.8 Å². The molecule has 136 valence electrons. The monoisotopic (exact) mass is 412 g/mol. The van der Waals surface area contributed by atoms with Gasteiger partial charge in [-0.1, -0.05) is 15.9 Å². The van der Waals surface area contributed by atoms with Crippen molar-refractivity contribution in [2.24, 2.45) is 0 Å². The Balaban J connectivity index is 1.98. The lowest BCUT2D eigenvalue weighted by Crippen LogP contribution is -2.30. The van der Waals surface area contributed by atoms with Crippen molar-refractivity contribution in [3.63, 3.8) is 0 Å². The third-order valence-corrected chi connectivity index (χ3v) is 5.74. The van der Waals surface area contributed by atoms with E-state index in [2.05, 4.69) is 64.5 Å². The van der Waals surface area contributed by atoms with Crippen molar-refractivity contribution in [2.75, 3.05) is 18.0 Å². The standard InChI is InChI=1S/C21H25BrN4/c1-13-10-17(22)11-14(2)19(13)26-12-15(3)18-20(23-16(4)24-21(18)26)25-8-6-5-7-9-25/h10-12H,5-9H2,1-4H3. The Morgan fingerprint density at radius 3 is 2.19 bits per heavy atom. The SMILES string of the molecule is Cc1nc(N2CCCCC2)c2c(C)cn(-c3c(C)cc(Br)cc3C)c2n1. The van der Waals surface area contributed by atoms with E-state index >= 15 is 0 Å². The quantitative estimate of drug-likeness (QED) is 0.564. The second kappa shape index (κ2) is 6.69. The number of anilines is 1. The number of aryl methyl sites for hydroxylation is 4. The number of aromatic nitrogens is 3. The van der Waals surface area contributed by atoms with Gasteiger partial charge in [0.1, 0.15) is 11.6 Å². The Labute approximate surface area is 163 Å². The fraction of sp³-hybridized carbons (Fsp3) is 0.429. The summed E-state index contributed by atoms with van der Waals surface area (Å²) in [4.78, 5) is 12.1. The number of benzene rings is 1. The molecule has 1 saturated heterocycles. The topological polar surface area (TPSA) is 34.0 Å². The van der Waals surface area contributed by atoms with Crippen molar-refractivity contribution in [3.05, 3.63) is 45.3 Å². The molecule has 0 N–H and O–H groups in total. The zero-order valence-corrected chi connectivity index (χ0v) is 17.5. The second-order valence-electron chi connectivity index (χ2n) is 7.41. The van der Waals surface area contributed by atoms with Gasteiger partial charge in [0, 0.05) is 23.8 Å². The summed E-state index contributed by atoms with van der Waals surface area (Å²) < 4.78 is 3.37. The first-order valence-electron chi connectivity index (χ1n) is 9.34. The van der Waals surface area contributed by atoms with Crippen LogP contribution in [0.25, 0.3) is 16.7 Å². The number of fused-ring (bicyclic) bond motifs is 1. The molecule has 0 atom stereocenters. The summed E-state index contributed by atoms with van der Waals surface area (Å²) in [6.45, 7) is 10.7. The lowest BCUT2D eigenvalue weighted by atomic mass is 10.1. The van der Waals surface area contributed by atoms with Crippen LogP contribution in [0.15, 0.2) is 22.8 Å². The maximum atomic E-state index is 4.85. The van der Waals surface area contributed by atoms with Crippen LogP contribution in [0.5, 0.6) is 0 Å². The third-order valence-electron chi connectivity index (χ3n) is 5.28. The van der Waals surface area contributed by atoms with Gasteiger partial charge >= 0.3 is 0 Å². The normalized spacial score (nSPS) is 15.0. The van der Waals surface area contributed by atoms with Gasteiger partial charge < -0.3 is 9.47 Å². The average molecular weight is 413 g/mol. The summed E-state index contributed by atoms with van der Waals surface area (Å²) in [5, 5.41) is 1.19. The maximum Gasteiger partial charge on any atom is 0.150 e. The number of rotatable bonds is 2. The molecule has 0 aliphatic carbocycles. The third kappa shape index (κ3) is 2.92. The highest BCUT2D eigenvalue weighted by Gasteiger charge is 2.21. The molecule has 1 aromatic carbocycles. The van der Waals surface area contributed by atoms with Crippen LogP contribution in [0.3, 0.4) is 0 Å². The van der Waals surface area contributed by atoms with Crippen LogP contribution in [0.1, 0.15) is 41.8 Å². The van der Waals surface area contributed by atoms with E-state index < -0.39 is 0 Å². The molecule has 0 saturated carbocycles. The van der Waals surface area contributed by atoms with Crippen LogP contribution in [-0.2, 0) is 0 Å². The van der Waals surface area contributed by atoms with Crippen LogP contribution in [0.2, 0.25) is 0 Å². The van der Waals surface area contributed by atoms with E-state index in [4.69, 9.17) is 9.97 Å². The minimum absolute atomic E-state index is 0.838. The van der Waals surface area contributed by atoms with Crippen LogP contribution >= 0.6 is 15.9 Å². The molecule has 2 aromatic heterocycles. The summed E-state index contributed by atoms with van der Waals surface area (Å²) in [5.41, 5.74) is 5.95. The molecule has 0 radical (unpaired) electrons. The van der Waals surface area contributed by atoms with Gasteiger partial charge in [-0.15, -0.1) is 0 Å². The zero-order valence-electron chi connectivity index (χ0n) is 15.9. The molecular formula is C21H25BrN4. The Bertz CT molecular complexity index is 960. The van der Waals surface area contributed by atoms with E-state index in [0.29, 0.717) is 0 Å². The summed E-state index contributed by atoms with van der Waals surface area (Å²) in [5.74, 6) is 1.95. The number of halogens is 1. The molecule has 4 nitrogen and oxygen atoms in total. The molecule has 3 aromatic rings. The van der Waals surface area contributed by atoms with E-state index in [1.165, 1.54) is 47.0 Å². The molecule has 0 spiro atoms. The number of hydrogen-bond acceptors (Lipinski definition) is 3. The molecule has 5 heteroatoms. The molecule has 1 aliphatic rings. The average Bonchev–Trinajstić information content (AvgIpc) is 2.90. The van der Waals surface area contributed by atoms with Crippen LogP contribution < -0.4 is 4.90 Å². The first-order chi connectivity index (χ1) is 12.5. The predicted molar refractivity (Wildman–Crippen MR) is 112 cm³/mol. The van der Waals surface area contributed by atoms with Crippen molar-refractivity contribution < 1.29 is 0 Å². The van der Waals surface area contributed by atoms with E-state index in [9.17, 15) is 0 Å². The van der Waals surface area contributed by atoms with Crippen LogP contribution in [0.4, 0.5) is 5.82 Å². The predicted octanol–water partition coefficient (Wildman–Crippen LogP) is 5.41. The fourth-order valence-corrected chi connectivity index (χ4v) is 4.86. The highest BCUT2D eigenvalue weighted by atomic mass is 79.9. The summed E-state index contributed by atoms with van der Waals surface area (Å²) in [6.07, 6.45) is 6.03. The molecule has 1 fully saturated rings. The van der Waals surface area contributed by atoms with Crippen molar-refractivity contribution in [2.45, 2.75) is 47.0 Å². The van der Waals surface area contributed by atoms with Gasteiger partial charge in [-0.25, -0.2) is 9.97 Å². The Hall–Kier alpha value is -1.88. The fourth-order valence-electron chi connectivity index (χ4n) is 4.18. The van der Waals surface area contributed by atoms with E-state index in [1.807, 2.05) is 6.92 Å². The van der Waals surface area contributed by atoms with Gasteiger partial charge in [0.25, 0.3) is 0 Å². The molecule has 0 unspecified atom stereocenters. The number of hydrogen-bond donors (Lipinski definition) is 0. The largest absolute Gasteiger partial charge is 0.356 e. The second-order valence-corrected chi connectivity index (χ2v) is 8.33. The number of nitrogens with zero attached hydrogens (tertiary/aromatic N) is 4. The van der Waals surface area contributed by atoms with Gasteiger partial charge in [0.15, 0.2) is 5.65 Å². The van der Waals surface area contributed by atoms with Gasteiger partial charge in [0.05, 0.1) is 11.1 Å². The lowest BCUT2D eigenvalue weighted by Gasteiger charge is -2.28. The molecule has 3 heterocycles. The highest BCUT2D eigenvalue weighted by Crippen LogP contribution is 2.34. The summed E-state index contributed by atoms with van der Waals surface area (Å²) >= 11 is 3.61. The Kier molecular flexibility index (Phi) is 4.51. The molecule has 0 bridgehead atoms. The molecule has 1 aliphatic heterocycles. The Morgan fingerprint density at radius 1 is 0.885 bits per heavy atom. The van der Waals surface area contributed by atoms with Crippen LogP contribution in [0, 0.1) is 27.7 Å². The van der Waals surface area contributed by atoms with Crippen molar-refractivity contribution >= 4 is 32.8 Å². The minimum atomic E-state index is 0.838. The van der Waals surface area contributed by atoms with Crippen LogP contribution in [-0.4, -0.2) is 27.6 Å². The molecule has 0 amide bonds. The maximum absolute atomic E-state index is 4.85. The van der Waals surface area contributed by atoms with E-state index in [0.717, 1.165) is 34.9 Å². The molecule has 26 heavy (non-hydrogen) atoms. The first-order valence-corrected chi connectivity index (χ1v) is 10.1. The van der Waals surface area contributed by atoms with E-state index in [1.54, 1.807) is 0 Å². The summed E-state index contributed by atoms with van der Waals surface area (Å²) in [6, 6.07) is 4.34. The smallest absolute Gasteiger partial charge is 0.150 e. The van der Waals surface area contributed by atoms with Gasteiger partial charge in [-0.3, -0.25) is 0 Å². The number of piperidine rings is 1. The molecule has 4 rings (SSSR count). The first kappa shape index (κ1) is 17.5. The van der Waals surface area contributed by atoms with Crippen molar-refractivity contribution in [1.29, 1.82) is 0 Å². The lowest BCUT2D eigenvalue weighted by molar-refractivity contribution is 0.574. The minimum Gasteiger partial charge on any atom is -0.356 e. The zero-order chi connectivity index (χ0) is 18.4. The van der Waals surface area contributed by atoms with E-state index in [-0.39, 0.29) is 0 Å². The summed E-state index contributed by atoms with van der Waals surface area (Å²) in [7, 11) is 0. The van der Waals surface area contributed by atoms with Gasteiger partial charge in [-0.2, -0.15) is 0 Å². The van der Waals surface area contributed by atoms with Crippen molar-refractivity contribution in [3.8, 4) is 5.69 Å². The van der Waals surface area contributed by atoms with Gasteiger partial charge in [0.2, 0.25) is 0 Å².